The van der Waals surface area contributed by atoms with Crippen molar-refractivity contribution >= 4 is 5.91 Å². The van der Waals surface area contributed by atoms with Crippen LogP contribution in [0.3, 0.4) is 0 Å². The first-order valence-corrected chi connectivity index (χ1v) is 9.53. The van der Waals surface area contributed by atoms with Crippen molar-refractivity contribution in [2.45, 2.75) is 70.1 Å². The van der Waals surface area contributed by atoms with Crippen molar-refractivity contribution in [2.75, 3.05) is 13.1 Å². The molecule has 1 aromatic carbocycles. The molecule has 5 nitrogen and oxygen atoms in total. The Bertz CT molecular complexity index is 611. The highest BCUT2D eigenvalue weighted by molar-refractivity contribution is 5.97. The van der Waals surface area contributed by atoms with E-state index in [9.17, 15) is 15.0 Å². The summed E-state index contributed by atoms with van der Waals surface area (Å²) < 4.78 is 0. The number of carbonyl (C=O) groups excluding carboxylic acids is 1. The third-order valence-electron chi connectivity index (χ3n) is 5.68. The van der Waals surface area contributed by atoms with Crippen LogP contribution in [0.2, 0.25) is 0 Å². The van der Waals surface area contributed by atoms with Crippen molar-refractivity contribution in [3.63, 3.8) is 0 Å². The molecule has 25 heavy (non-hydrogen) atoms. The first-order chi connectivity index (χ1) is 12.0. The molecular formula is C20H30N2O3. The number of likely N-dealkylation sites (tertiary alicyclic amines) is 1. The average molecular weight is 346 g/mol. The molecule has 0 bridgehead atoms. The molecule has 1 aliphatic carbocycles. The smallest absolute Gasteiger partial charge is 0.255 e. The minimum Gasteiger partial charge on any atom is -0.507 e. The van der Waals surface area contributed by atoms with Crippen molar-refractivity contribution in [2.24, 2.45) is 0 Å². The summed E-state index contributed by atoms with van der Waals surface area (Å²) in [6.07, 6.45) is 4.60. The average Bonchev–Trinajstić information content (AvgIpc) is 3.11. The summed E-state index contributed by atoms with van der Waals surface area (Å²) in [5.74, 6) is -0.0265. The molecule has 1 saturated heterocycles. The molecule has 1 saturated carbocycles. The third-order valence-corrected chi connectivity index (χ3v) is 5.68. The minimum atomic E-state index is -0.550. The van der Waals surface area contributed by atoms with Crippen molar-refractivity contribution in [1.29, 1.82) is 0 Å². The van der Waals surface area contributed by atoms with Crippen LogP contribution in [0.25, 0.3) is 0 Å². The zero-order valence-corrected chi connectivity index (χ0v) is 15.2. The topological polar surface area (TPSA) is 72.8 Å². The second kappa shape index (κ2) is 7.75. The SMILES string of the molecule is CC(C)c1ccc(O)c(C(=O)N[C@@H]2CCC[C@@H](N3CCCC3)[C@@H]2O)c1. The molecular weight excluding hydrogens is 316 g/mol. The Kier molecular flexibility index (Phi) is 5.64. The second-order valence-electron chi connectivity index (χ2n) is 7.74. The third kappa shape index (κ3) is 3.98. The van der Waals surface area contributed by atoms with Crippen LogP contribution < -0.4 is 5.32 Å². The van der Waals surface area contributed by atoms with Gasteiger partial charge in [0.2, 0.25) is 0 Å². The number of aromatic hydroxyl groups is 1. The lowest BCUT2D eigenvalue weighted by atomic mass is 9.87. The molecule has 0 aromatic heterocycles. The number of amides is 1. The number of hydrogen-bond acceptors (Lipinski definition) is 4. The largest absolute Gasteiger partial charge is 0.507 e. The number of benzene rings is 1. The molecule has 0 radical (unpaired) electrons. The van der Waals surface area contributed by atoms with Crippen LogP contribution in [0.4, 0.5) is 0 Å². The summed E-state index contributed by atoms with van der Waals surface area (Å²) in [6.45, 7) is 6.19. The normalized spacial score (nSPS) is 27.6. The fraction of sp³-hybridized carbons (Fsp3) is 0.650. The van der Waals surface area contributed by atoms with E-state index in [1.54, 1.807) is 12.1 Å². The number of phenols is 1. The van der Waals surface area contributed by atoms with Gasteiger partial charge in [0.1, 0.15) is 5.75 Å². The van der Waals surface area contributed by atoms with E-state index in [-0.39, 0.29) is 29.7 Å². The minimum absolute atomic E-state index is 0.0108. The second-order valence-corrected chi connectivity index (χ2v) is 7.74. The summed E-state index contributed by atoms with van der Waals surface area (Å²) in [5, 5.41) is 23.8. The van der Waals surface area contributed by atoms with Crippen LogP contribution in [0.15, 0.2) is 18.2 Å². The Labute approximate surface area is 150 Å². The van der Waals surface area contributed by atoms with Gasteiger partial charge < -0.3 is 15.5 Å². The van der Waals surface area contributed by atoms with Crippen LogP contribution in [0.5, 0.6) is 5.75 Å². The Morgan fingerprint density at radius 1 is 1.20 bits per heavy atom. The number of hydrogen-bond donors (Lipinski definition) is 3. The molecule has 0 spiro atoms. The number of carbonyl (C=O) groups is 1. The van der Waals surface area contributed by atoms with E-state index >= 15 is 0 Å². The van der Waals surface area contributed by atoms with E-state index < -0.39 is 6.10 Å². The maximum Gasteiger partial charge on any atom is 0.255 e. The molecule has 1 heterocycles. The van der Waals surface area contributed by atoms with Crippen molar-refractivity contribution < 1.29 is 15.0 Å². The molecule has 3 atom stereocenters. The highest BCUT2D eigenvalue weighted by Crippen LogP contribution is 2.28. The van der Waals surface area contributed by atoms with Gasteiger partial charge in [0.05, 0.1) is 17.7 Å². The van der Waals surface area contributed by atoms with E-state index in [0.717, 1.165) is 37.9 Å². The highest BCUT2D eigenvalue weighted by atomic mass is 16.3. The van der Waals surface area contributed by atoms with Gasteiger partial charge in [-0.15, -0.1) is 0 Å². The molecule has 2 fully saturated rings. The number of aliphatic hydroxyl groups excluding tert-OH is 1. The summed E-state index contributed by atoms with van der Waals surface area (Å²) >= 11 is 0. The van der Waals surface area contributed by atoms with E-state index in [1.807, 2.05) is 6.07 Å². The Hall–Kier alpha value is -1.59. The fourth-order valence-electron chi connectivity index (χ4n) is 4.13. The summed E-state index contributed by atoms with van der Waals surface area (Å²) in [7, 11) is 0. The molecule has 1 amide bonds. The van der Waals surface area contributed by atoms with Gasteiger partial charge >= 0.3 is 0 Å². The molecule has 1 aromatic rings. The molecule has 138 valence electrons. The van der Waals surface area contributed by atoms with Crippen LogP contribution >= 0.6 is 0 Å². The summed E-state index contributed by atoms with van der Waals surface area (Å²) in [5.41, 5.74) is 1.31. The van der Waals surface area contributed by atoms with Crippen molar-refractivity contribution in [3.05, 3.63) is 29.3 Å². The van der Waals surface area contributed by atoms with Crippen molar-refractivity contribution in [3.8, 4) is 5.75 Å². The van der Waals surface area contributed by atoms with E-state index in [4.69, 9.17) is 0 Å². The summed E-state index contributed by atoms with van der Waals surface area (Å²) in [6, 6.07) is 5.05. The van der Waals surface area contributed by atoms with Gasteiger partial charge in [-0.2, -0.15) is 0 Å². The lowest BCUT2D eigenvalue weighted by molar-refractivity contribution is 0.00700. The number of nitrogens with one attached hydrogen (secondary N) is 1. The van der Waals surface area contributed by atoms with E-state index in [2.05, 4.69) is 24.1 Å². The van der Waals surface area contributed by atoms with Gasteiger partial charge in [0, 0.05) is 6.04 Å². The number of aliphatic hydroxyl groups is 1. The molecule has 0 unspecified atom stereocenters. The number of rotatable bonds is 4. The monoisotopic (exact) mass is 346 g/mol. The van der Waals surface area contributed by atoms with Crippen LogP contribution in [0.1, 0.15) is 67.8 Å². The summed E-state index contributed by atoms with van der Waals surface area (Å²) in [4.78, 5) is 15.0. The van der Waals surface area contributed by atoms with Gasteiger partial charge in [0.15, 0.2) is 0 Å². The number of nitrogens with zero attached hydrogens (tertiary/aromatic N) is 1. The Morgan fingerprint density at radius 2 is 1.92 bits per heavy atom. The van der Waals surface area contributed by atoms with Gasteiger partial charge in [-0.25, -0.2) is 0 Å². The predicted molar refractivity (Wildman–Crippen MR) is 97.9 cm³/mol. The van der Waals surface area contributed by atoms with E-state index in [0.29, 0.717) is 5.56 Å². The van der Waals surface area contributed by atoms with E-state index in [1.165, 1.54) is 12.8 Å². The standard InChI is InChI=1S/C20H30N2O3/c1-13(2)14-8-9-18(23)15(12-14)20(25)21-16-6-5-7-17(19(16)24)22-10-3-4-11-22/h8-9,12-13,16-17,19,23-24H,3-7,10-11H2,1-2H3,(H,21,25)/t16-,17-,19-/m1/s1. The highest BCUT2D eigenvalue weighted by Gasteiger charge is 2.37. The van der Waals surface area contributed by atoms with Gasteiger partial charge in [0.25, 0.3) is 5.91 Å². The van der Waals surface area contributed by atoms with Crippen molar-refractivity contribution in [1.82, 2.24) is 10.2 Å². The fourth-order valence-corrected chi connectivity index (χ4v) is 4.13. The first kappa shape index (κ1) is 18.2. The predicted octanol–water partition coefficient (Wildman–Crippen LogP) is 2.62. The molecule has 5 heteroatoms. The Morgan fingerprint density at radius 3 is 2.60 bits per heavy atom. The van der Waals surface area contributed by atoms with Gasteiger partial charge in [-0.3, -0.25) is 9.69 Å². The van der Waals surface area contributed by atoms with Gasteiger partial charge in [-0.1, -0.05) is 19.9 Å². The molecule has 3 rings (SSSR count). The lowest BCUT2D eigenvalue weighted by Crippen LogP contribution is -2.56. The lowest BCUT2D eigenvalue weighted by Gasteiger charge is -2.40. The maximum absolute atomic E-state index is 12.7. The molecule has 3 N–H and O–H groups in total. The number of phenolic OH excluding ortho intramolecular Hbond substituents is 1. The zero-order chi connectivity index (χ0) is 18.0. The molecule has 1 aliphatic heterocycles. The zero-order valence-electron chi connectivity index (χ0n) is 15.2. The molecule has 2 aliphatic rings. The van der Waals surface area contributed by atoms with Gasteiger partial charge in [-0.05, 0) is 68.8 Å². The first-order valence-electron chi connectivity index (χ1n) is 9.53. The maximum atomic E-state index is 12.7. The quantitative estimate of drug-likeness (QED) is 0.784. The van der Waals surface area contributed by atoms with Crippen LogP contribution in [0, 0.1) is 0 Å². The van der Waals surface area contributed by atoms with Crippen LogP contribution in [-0.4, -0.2) is 52.3 Å². The van der Waals surface area contributed by atoms with Crippen LogP contribution in [-0.2, 0) is 0 Å². The Balaban J connectivity index is 1.70.